The summed E-state index contributed by atoms with van der Waals surface area (Å²) in [4.78, 5) is 4.80. The van der Waals surface area contributed by atoms with Crippen LogP contribution in [-0.2, 0) is 0 Å². The molecule has 0 fully saturated rings. The van der Waals surface area contributed by atoms with E-state index < -0.39 is 8.07 Å². The lowest BCUT2D eigenvalue weighted by Crippen LogP contribution is -2.56. The van der Waals surface area contributed by atoms with Gasteiger partial charge in [-0.05, 0) is 160 Å². The van der Waals surface area contributed by atoms with Crippen molar-refractivity contribution in [1.29, 1.82) is 0 Å². The summed E-state index contributed by atoms with van der Waals surface area (Å²) in [5.41, 5.74) is 14.4. The lowest BCUT2D eigenvalue weighted by molar-refractivity contribution is 1.28. The molecule has 0 saturated heterocycles. The number of hydrogen-bond donors (Lipinski definition) is 0. The fraction of sp³-hybridized carbons (Fsp3) is 0.0303. The van der Waals surface area contributed by atoms with Gasteiger partial charge in [0, 0.05) is 33.8 Å². The van der Waals surface area contributed by atoms with Gasteiger partial charge >= 0.3 is 0 Å². The number of hydrogen-bond acceptors (Lipinski definition) is 2. The lowest BCUT2D eigenvalue weighted by Gasteiger charge is -2.36. The van der Waals surface area contributed by atoms with E-state index in [2.05, 4.69) is 278 Å². The van der Waals surface area contributed by atoms with Crippen molar-refractivity contribution in [3.63, 3.8) is 0 Å². The van der Waals surface area contributed by atoms with Crippen LogP contribution >= 0.6 is 0 Å². The Morgan fingerprint density at radius 2 is 0.768 bits per heavy atom. The van der Waals surface area contributed by atoms with Crippen LogP contribution in [0, 0.1) is 0 Å². The predicted molar refractivity (Wildman–Crippen MR) is 299 cm³/mol. The van der Waals surface area contributed by atoms with Gasteiger partial charge in [0.25, 0.3) is 0 Å². The number of benzene rings is 12. The van der Waals surface area contributed by atoms with Gasteiger partial charge in [0.2, 0.25) is 0 Å². The van der Waals surface area contributed by atoms with Crippen LogP contribution < -0.4 is 20.2 Å². The summed E-state index contributed by atoms with van der Waals surface area (Å²) in [7, 11) is -2.24. The third-order valence-corrected chi connectivity index (χ3v) is 18.1. The molecule has 12 aromatic carbocycles. The molecule has 2 nitrogen and oxygen atoms in total. The molecule has 0 amide bonds. The first-order chi connectivity index (χ1) is 34.0. The summed E-state index contributed by atoms with van der Waals surface area (Å²) in [6, 6.07) is 94.0. The van der Waals surface area contributed by atoms with Crippen LogP contribution in [0.4, 0.5) is 34.1 Å². The monoisotopic (exact) mass is 896 g/mol. The number of rotatable bonds is 8. The number of anilines is 6. The highest BCUT2D eigenvalue weighted by Gasteiger charge is 2.37. The molecule has 0 unspecified atom stereocenters. The van der Waals surface area contributed by atoms with E-state index in [1.54, 1.807) is 0 Å². The van der Waals surface area contributed by atoms with E-state index in [1.807, 2.05) is 0 Å². The number of fused-ring (bicyclic) bond motifs is 7. The van der Waals surface area contributed by atoms with Gasteiger partial charge < -0.3 is 9.80 Å². The second-order valence-corrected chi connectivity index (χ2v) is 23.2. The van der Waals surface area contributed by atoms with Crippen LogP contribution in [-0.4, -0.2) is 8.07 Å². The zero-order valence-electron chi connectivity index (χ0n) is 38.6. The first-order valence-electron chi connectivity index (χ1n) is 24.0. The van der Waals surface area contributed by atoms with E-state index in [4.69, 9.17) is 0 Å². The topological polar surface area (TPSA) is 6.48 Å². The minimum atomic E-state index is -2.24. The molecule has 0 atom stereocenters. The SMILES string of the molecule is C[Si]1(C)c2cc(N(c3ccccc3)c3cccc4ccccc34)ccc2-c2cc3c4ccccc4c(-c4ccc(N(c5ccccc5)c5ccc(-c6ccccc6)cc5)cc4)cc3c3cccc1c23. The second-order valence-electron chi connectivity index (χ2n) is 18.9. The molecular weight excluding hydrogens is 849 g/mol. The van der Waals surface area contributed by atoms with Crippen molar-refractivity contribution in [3.8, 4) is 33.4 Å². The summed E-state index contributed by atoms with van der Waals surface area (Å²) in [5, 5.41) is 13.3. The predicted octanol–water partition coefficient (Wildman–Crippen LogP) is 17.4. The van der Waals surface area contributed by atoms with Crippen LogP contribution in [0.5, 0.6) is 0 Å². The molecule has 69 heavy (non-hydrogen) atoms. The standard InChI is InChI=1S/C66H48N2Si/c1-69(2)64-31-17-29-58-61-43-59(48-34-38-52(39-35-48)67(49-22-8-4-9-23-49)51-36-32-46(33-37-51)45-18-6-3-7-19-45)55-27-14-15-28-56(55)60(61)44-62(66(58)64)57-41-40-53(42-65(57)69)68(50-24-10-5-11-25-50)63-30-16-21-47-20-12-13-26-54(47)63/h3-44H,1-2H3. The van der Waals surface area contributed by atoms with E-state index in [9.17, 15) is 0 Å². The summed E-state index contributed by atoms with van der Waals surface area (Å²) in [5.74, 6) is 0. The summed E-state index contributed by atoms with van der Waals surface area (Å²) < 4.78 is 0. The first-order valence-corrected chi connectivity index (χ1v) is 27.0. The van der Waals surface area contributed by atoms with E-state index in [-0.39, 0.29) is 0 Å². The van der Waals surface area contributed by atoms with Crippen LogP contribution in [0.1, 0.15) is 0 Å². The third kappa shape index (κ3) is 6.77. The molecular formula is C66H48N2Si. The fourth-order valence-corrected chi connectivity index (χ4v) is 14.4. The average molecular weight is 897 g/mol. The fourth-order valence-electron chi connectivity index (χ4n) is 11.3. The Kier molecular flexibility index (Phi) is 9.67. The highest BCUT2D eigenvalue weighted by molar-refractivity contribution is 7.03. The highest BCUT2D eigenvalue weighted by Crippen LogP contribution is 2.46. The van der Waals surface area contributed by atoms with Gasteiger partial charge in [-0.1, -0.05) is 189 Å². The quantitative estimate of drug-likeness (QED) is 0.111. The Hall–Kier alpha value is -8.50. The minimum absolute atomic E-state index is 1.11. The molecule has 1 aliphatic rings. The Balaban J connectivity index is 0.946. The van der Waals surface area contributed by atoms with E-state index in [1.165, 1.54) is 98.2 Å². The molecule has 0 radical (unpaired) electrons. The van der Waals surface area contributed by atoms with Gasteiger partial charge in [-0.2, -0.15) is 0 Å². The van der Waals surface area contributed by atoms with Crippen molar-refractivity contribution in [1.82, 2.24) is 0 Å². The smallest absolute Gasteiger partial charge is 0.113 e. The average Bonchev–Trinajstić information content (AvgIpc) is 3.41. The van der Waals surface area contributed by atoms with E-state index >= 15 is 0 Å². The maximum absolute atomic E-state index is 2.55. The van der Waals surface area contributed by atoms with Gasteiger partial charge in [-0.15, -0.1) is 0 Å². The molecule has 3 heteroatoms. The molecule has 12 aromatic rings. The molecule has 326 valence electrons. The first kappa shape index (κ1) is 40.7. The van der Waals surface area contributed by atoms with Gasteiger partial charge in [0.1, 0.15) is 8.07 Å². The molecule has 13 rings (SSSR count). The van der Waals surface area contributed by atoms with Crippen LogP contribution in [0.25, 0.3) is 76.5 Å². The maximum atomic E-state index is 2.55. The van der Waals surface area contributed by atoms with Gasteiger partial charge in [-0.25, -0.2) is 0 Å². The Labute approximate surface area is 404 Å². The maximum Gasteiger partial charge on any atom is 0.113 e. The van der Waals surface area contributed by atoms with E-state index in [0.29, 0.717) is 0 Å². The molecule has 0 spiro atoms. The molecule has 0 aliphatic carbocycles. The summed E-state index contributed by atoms with van der Waals surface area (Å²) in [6.07, 6.45) is 0. The van der Waals surface area contributed by atoms with Gasteiger partial charge in [0.15, 0.2) is 0 Å². The van der Waals surface area contributed by atoms with Crippen LogP contribution in [0.15, 0.2) is 255 Å². The number of nitrogens with zero attached hydrogens (tertiary/aromatic N) is 2. The van der Waals surface area contributed by atoms with Crippen molar-refractivity contribution in [2.75, 3.05) is 9.80 Å². The molecule has 0 bridgehead atoms. The summed E-state index contributed by atoms with van der Waals surface area (Å²) in [6.45, 7) is 5.10. The lowest BCUT2D eigenvalue weighted by atomic mass is 9.87. The van der Waals surface area contributed by atoms with Crippen LogP contribution in [0.2, 0.25) is 13.1 Å². The van der Waals surface area contributed by atoms with Crippen molar-refractivity contribution in [2.24, 2.45) is 0 Å². The minimum Gasteiger partial charge on any atom is -0.311 e. The largest absolute Gasteiger partial charge is 0.311 e. The molecule has 1 heterocycles. The molecule has 0 N–H and O–H groups in total. The Morgan fingerprint density at radius 3 is 1.48 bits per heavy atom. The normalized spacial score (nSPS) is 12.6. The molecule has 0 saturated carbocycles. The summed E-state index contributed by atoms with van der Waals surface area (Å²) >= 11 is 0. The molecule has 0 aromatic heterocycles. The van der Waals surface area contributed by atoms with Gasteiger partial charge in [0.05, 0.1) is 5.69 Å². The van der Waals surface area contributed by atoms with Crippen molar-refractivity contribution < 1.29 is 0 Å². The zero-order valence-corrected chi connectivity index (χ0v) is 39.6. The second kappa shape index (κ2) is 16.4. The Bertz CT molecular complexity index is 3900. The third-order valence-electron chi connectivity index (χ3n) is 14.6. The van der Waals surface area contributed by atoms with E-state index in [0.717, 1.165) is 22.7 Å². The zero-order chi connectivity index (χ0) is 46.1. The number of para-hydroxylation sites is 2. The van der Waals surface area contributed by atoms with Gasteiger partial charge in [-0.3, -0.25) is 0 Å². The van der Waals surface area contributed by atoms with Crippen molar-refractivity contribution in [3.05, 3.63) is 255 Å². The molecule has 1 aliphatic heterocycles. The van der Waals surface area contributed by atoms with Crippen LogP contribution in [0.3, 0.4) is 0 Å². The van der Waals surface area contributed by atoms with Crippen molar-refractivity contribution in [2.45, 2.75) is 13.1 Å². The van der Waals surface area contributed by atoms with Crippen molar-refractivity contribution >= 4 is 95.7 Å². The Morgan fingerprint density at radius 1 is 0.275 bits per heavy atom. The highest BCUT2D eigenvalue weighted by atomic mass is 28.3.